The highest BCUT2D eigenvalue weighted by molar-refractivity contribution is 5.88. The zero-order valence-electron chi connectivity index (χ0n) is 18.8. The first-order chi connectivity index (χ1) is 15.8. The predicted octanol–water partition coefficient (Wildman–Crippen LogP) is 1.38. The van der Waals surface area contributed by atoms with E-state index >= 15 is 0 Å². The van der Waals surface area contributed by atoms with E-state index in [1.54, 1.807) is 6.92 Å². The summed E-state index contributed by atoms with van der Waals surface area (Å²) >= 11 is 0. The molecule has 1 amide bonds. The summed E-state index contributed by atoms with van der Waals surface area (Å²) in [4.78, 5) is 43.0. The molecule has 1 fully saturated rings. The van der Waals surface area contributed by atoms with Gasteiger partial charge in [-0.15, -0.1) is 0 Å². The summed E-state index contributed by atoms with van der Waals surface area (Å²) < 4.78 is 5.26. The highest BCUT2D eigenvalue weighted by Gasteiger charge is 2.37. The Labute approximate surface area is 192 Å². The van der Waals surface area contributed by atoms with Gasteiger partial charge in [-0.05, 0) is 51.0 Å². The van der Waals surface area contributed by atoms with Crippen LogP contribution < -0.4 is 5.32 Å². The number of benzene rings is 1. The normalized spacial score (nSPS) is 17.7. The number of amides is 1. The van der Waals surface area contributed by atoms with Gasteiger partial charge in [0.15, 0.2) is 0 Å². The van der Waals surface area contributed by atoms with Crippen molar-refractivity contribution >= 4 is 17.8 Å². The van der Waals surface area contributed by atoms with Crippen LogP contribution in [0.2, 0.25) is 0 Å². The molecule has 0 aliphatic carbocycles. The fourth-order valence-corrected chi connectivity index (χ4v) is 3.75. The van der Waals surface area contributed by atoms with Crippen LogP contribution in [-0.4, -0.2) is 81.5 Å². The number of nitrogens with one attached hydrogen (secondary N) is 1. The lowest BCUT2D eigenvalue weighted by Gasteiger charge is -2.28. The first-order valence-corrected chi connectivity index (χ1v) is 11.1. The van der Waals surface area contributed by atoms with Gasteiger partial charge in [0.25, 0.3) is 0 Å². The summed E-state index contributed by atoms with van der Waals surface area (Å²) in [5, 5.41) is 29.0. The highest BCUT2D eigenvalue weighted by atomic mass is 17.1. The molecule has 1 aliphatic heterocycles. The number of carbonyl (C=O) groups excluding carboxylic acids is 2. The van der Waals surface area contributed by atoms with E-state index in [-0.39, 0.29) is 24.5 Å². The number of unbranched alkanes of at least 4 members (excludes halogenated alkanes) is 1. The van der Waals surface area contributed by atoms with Gasteiger partial charge in [-0.3, -0.25) is 30.2 Å². The van der Waals surface area contributed by atoms with Gasteiger partial charge in [-0.25, -0.2) is 4.79 Å². The monoisotopic (exact) mass is 467 g/mol. The Morgan fingerprint density at radius 1 is 1.18 bits per heavy atom. The van der Waals surface area contributed by atoms with E-state index < -0.39 is 30.1 Å². The van der Waals surface area contributed by atoms with Crippen LogP contribution in [0.5, 0.6) is 0 Å². The number of aliphatic carboxylic acids is 1. The molecule has 11 nitrogen and oxygen atoms in total. The molecule has 4 N–H and O–H groups in total. The molecule has 0 saturated carbocycles. The number of aryl methyl sites for hydroxylation is 1. The van der Waals surface area contributed by atoms with Crippen molar-refractivity contribution in [1.29, 1.82) is 0 Å². The summed E-state index contributed by atoms with van der Waals surface area (Å²) in [5.41, 5.74) is 1.02. The van der Waals surface area contributed by atoms with Crippen LogP contribution >= 0.6 is 0 Å². The first kappa shape index (κ1) is 26.7. The van der Waals surface area contributed by atoms with E-state index in [4.69, 9.17) is 15.2 Å². The number of ether oxygens (including phenoxy) is 1. The Bertz CT molecular complexity index is 761. The summed E-state index contributed by atoms with van der Waals surface area (Å²) in [6.07, 6.45) is 2.94. The maximum Gasteiger partial charge on any atom is 0.328 e. The van der Waals surface area contributed by atoms with E-state index in [1.165, 1.54) is 4.90 Å². The maximum atomic E-state index is 13.0. The molecule has 0 radical (unpaired) electrons. The van der Waals surface area contributed by atoms with Gasteiger partial charge >= 0.3 is 11.9 Å². The van der Waals surface area contributed by atoms with Crippen molar-refractivity contribution < 1.29 is 39.5 Å². The van der Waals surface area contributed by atoms with Crippen molar-refractivity contribution in [3.05, 3.63) is 35.9 Å². The minimum atomic E-state index is -1.03. The molecule has 3 unspecified atom stereocenters. The molecule has 1 aliphatic rings. The number of carboxylic acids is 1. The molecule has 1 aromatic rings. The van der Waals surface area contributed by atoms with Gasteiger partial charge in [0.2, 0.25) is 5.91 Å². The third-order valence-electron chi connectivity index (χ3n) is 5.48. The third-order valence-corrected chi connectivity index (χ3v) is 5.48. The van der Waals surface area contributed by atoms with Crippen LogP contribution in [0.15, 0.2) is 30.3 Å². The SMILES string of the molecule is CC(NC(CCc1ccccc1)C(=O)O)C(=O)N1CCCC1C(=O)OCCCCON(O)O. The molecular formula is C22H33N3O8. The van der Waals surface area contributed by atoms with Gasteiger partial charge in [0.1, 0.15) is 12.1 Å². The largest absolute Gasteiger partial charge is 0.480 e. The summed E-state index contributed by atoms with van der Waals surface area (Å²) in [6, 6.07) is 7.16. The fourth-order valence-electron chi connectivity index (χ4n) is 3.75. The lowest BCUT2D eigenvalue weighted by molar-refractivity contribution is -0.492. The molecule has 33 heavy (non-hydrogen) atoms. The number of hydrogen-bond acceptors (Lipinski definition) is 9. The molecule has 0 bridgehead atoms. The minimum absolute atomic E-state index is 0.0524. The van der Waals surface area contributed by atoms with Crippen molar-refractivity contribution in [2.45, 2.75) is 63.6 Å². The lowest BCUT2D eigenvalue weighted by Crippen LogP contribution is -2.53. The van der Waals surface area contributed by atoms with Gasteiger partial charge < -0.3 is 14.7 Å². The Morgan fingerprint density at radius 3 is 2.55 bits per heavy atom. The second kappa shape index (κ2) is 13.9. The number of carboxylic acid groups (broad SMARTS) is 1. The molecular weight excluding hydrogens is 434 g/mol. The second-order valence-electron chi connectivity index (χ2n) is 7.95. The van der Waals surface area contributed by atoms with Crippen LogP contribution in [0, 0.1) is 0 Å². The third kappa shape index (κ3) is 9.06. The summed E-state index contributed by atoms with van der Waals surface area (Å²) in [5.74, 6) is -1.86. The van der Waals surface area contributed by atoms with Crippen molar-refractivity contribution in [1.82, 2.24) is 15.6 Å². The van der Waals surface area contributed by atoms with Crippen LogP contribution in [0.4, 0.5) is 0 Å². The van der Waals surface area contributed by atoms with Crippen molar-refractivity contribution in [2.24, 2.45) is 0 Å². The second-order valence-corrected chi connectivity index (χ2v) is 7.95. The van der Waals surface area contributed by atoms with E-state index in [9.17, 15) is 19.5 Å². The Balaban J connectivity index is 1.82. The average molecular weight is 468 g/mol. The molecule has 0 spiro atoms. The molecule has 3 atom stereocenters. The quantitative estimate of drug-likeness (QED) is 0.180. The molecule has 1 saturated heterocycles. The van der Waals surface area contributed by atoms with Crippen molar-refractivity contribution in [3.8, 4) is 0 Å². The topological polar surface area (TPSA) is 149 Å². The number of esters is 1. The number of rotatable bonds is 14. The van der Waals surface area contributed by atoms with Crippen LogP contribution in [0.25, 0.3) is 0 Å². The highest BCUT2D eigenvalue weighted by Crippen LogP contribution is 2.20. The van der Waals surface area contributed by atoms with Gasteiger partial charge in [-0.2, -0.15) is 0 Å². The fraction of sp³-hybridized carbons (Fsp3) is 0.591. The Morgan fingerprint density at radius 2 is 1.88 bits per heavy atom. The number of hydrogen-bond donors (Lipinski definition) is 4. The zero-order chi connectivity index (χ0) is 24.2. The number of likely N-dealkylation sites (tertiary alicyclic amines) is 1. The molecule has 1 aromatic carbocycles. The van der Waals surface area contributed by atoms with Gasteiger partial charge in [0, 0.05) is 6.54 Å². The van der Waals surface area contributed by atoms with Gasteiger partial charge in [-0.1, -0.05) is 30.3 Å². The van der Waals surface area contributed by atoms with Gasteiger partial charge in [0.05, 0.1) is 24.6 Å². The summed E-state index contributed by atoms with van der Waals surface area (Å²) in [6.45, 7) is 2.18. The van der Waals surface area contributed by atoms with E-state index in [2.05, 4.69) is 10.2 Å². The summed E-state index contributed by atoms with van der Waals surface area (Å²) in [7, 11) is 0. The number of nitrogens with zero attached hydrogens (tertiary/aromatic N) is 2. The van der Waals surface area contributed by atoms with Crippen LogP contribution in [-0.2, 0) is 30.4 Å². The average Bonchev–Trinajstić information content (AvgIpc) is 3.28. The van der Waals surface area contributed by atoms with Crippen molar-refractivity contribution in [3.63, 3.8) is 0 Å². The minimum Gasteiger partial charge on any atom is -0.480 e. The van der Waals surface area contributed by atoms with Crippen LogP contribution in [0.1, 0.15) is 44.6 Å². The van der Waals surface area contributed by atoms with E-state index in [0.717, 1.165) is 5.56 Å². The van der Waals surface area contributed by atoms with E-state index in [1.807, 2.05) is 30.3 Å². The molecule has 184 valence electrons. The predicted molar refractivity (Wildman–Crippen MR) is 115 cm³/mol. The zero-order valence-corrected chi connectivity index (χ0v) is 18.8. The molecule has 2 rings (SSSR count). The molecule has 11 heteroatoms. The standard InChI is InChI=1S/C22H33N3O8/c1-16(23-18(21(27)28)12-11-17-8-3-2-4-9-17)20(26)24-13-7-10-19(24)22(29)32-14-5-6-15-33-25(30)31/h2-4,8-9,16,18-19,23,30-31H,5-7,10-15H2,1H3,(H,27,28). The Hall–Kier alpha value is -2.57. The maximum absolute atomic E-state index is 13.0. The smallest absolute Gasteiger partial charge is 0.328 e. The molecule has 0 aromatic heterocycles. The lowest BCUT2D eigenvalue weighted by atomic mass is 10.0. The Kier molecular flexibility index (Phi) is 11.2. The van der Waals surface area contributed by atoms with Crippen LogP contribution in [0.3, 0.4) is 0 Å². The molecule has 1 heterocycles. The first-order valence-electron chi connectivity index (χ1n) is 11.1. The number of carbonyl (C=O) groups is 3. The van der Waals surface area contributed by atoms with Crippen molar-refractivity contribution in [2.75, 3.05) is 19.8 Å². The van der Waals surface area contributed by atoms with E-state index in [0.29, 0.717) is 45.1 Å².